The maximum Gasteiger partial charge on any atom is 0.287 e. The third kappa shape index (κ3) is 8.29. The number of hydrogen-bond acceptors (Lipinski definition) is 7. The Hall–Kier alpha value is -3.22. The molecule has 2 bridgehead atoms. The Bertz CT molecular complexity index is 1890. The molecule has 1 fully saturated rings. The molecule has 0 aromatic heterocycles. The molecular weight excluding hydrogens is 742 g/mol. The minimum atomic E-state index is -3.87. The van der Waals surface area contributed by atoms with Gasteiger partial charge in [0.05, 0.1) is 23.3 Å². The van der Waals surface area contributed by atoms with Crippen molar-refractivity contribution in [1.82, 2.24) is 4.72 Å². The van der Waals surface area contributed by atoms with Crippen LogP contribution in [-0.4, -0.2) is 54.5 Å². The molecule has 6 rings (SSSR count). The summed E-state index contributed by atoms with van der Waals surface area (Å²) in [6, 6.07) is 17.7. The lowest BCUT2D eigenvalue weighted by molar-refractivity contribution is -0.137. The summed E-state index contributed by atoms with van der Waals surface area (Å²) in [6.07, 6.45) is 8.54. The number of nitrogens with one attached hydrogen (secondary N) is 1. The molecule has 2 amide bonds. The van der Waals surface area contributed by atoms with Gasteiger partial charge in [-0.05, 0) is 124 Å². The third-order valence-corrected chi connectivity index (χ3v) is 12.4. The molecule has 0 spiro atoms. The molecule has 3 aromatic carbocycles. The molecular formula is C38H43BrClN3O6S. The van der Waals surface area contributed by atoms with Crippen LogP contribution in [0.4, 0.5) is 5.69 Å². The first-order valence-corrected chi connectivity index (χ1v) is 19.7. The molecule has 1 saturated carbocycles. The number of methoxy groups -OCH3 is 1. The van der Waals surface area contributed by atoms with E-state index in [0.717, 1.165) is 66.5 Å². The molecule has 266 valence electrons. The fourth-order valence-electron chi connectivity index (χ4n) is 6.68. The number of carbonyl (C=O) groups excluding carboxylic acids is 2. The Labute approximate surface area is 308 Å². The maximum atomic E-state index is 15.0. The van der Waals surface area contributed by atoms with Gasteiger partial charge in [-0.1, -0.05) is 45.7 Å². The van der Waals surface area contributed by atoms with Crippen molar-refractivity contribution in [2.45, 2.75) is 69.2 Å². The van der Waals surface area contributed by atoms with E-state index in [9.17, 15) is 9.59 Å². The number of benzene rings is 3. The van der Waals surface area contributed by atoms with E-state index in [1.165, 1.54) is 0 Å². The number of aryl methyl sites for hydroxylation is 1. The summed E-state index contributed by atoms with van der Waals surface area (Å²) in [6.45, 7) is 5.06. The number of rotatable bonds is 3. The fraction of sp³-hybridized carbons (Fsp3) is 0.421. The molecule has 4 atom stereocenters. The quantitative estimate of drug-likeness (QED) is 0.269. The second-order valence-electron chi connectivity index (χ2n) is 13.5. The first-order chi connectivity index (χ1) is 24.0. The minimum Gasteiger partial charge on any atom is -0.487 e. The summed E-state index contributed by atoms with van der Waals surface area (Å²) in [5.41, 5.74) is 1.77. The summed E-state index contributed by atoms with van der Waals surface area (Å²) < 4.78 is 41.1. The highest BCUT2D eigenvalue weighted by Gasteiger charge is 2.38. The van der Waals surface area contributed by atoms with Crippen LogP contribution in [0.25, 0.3) is 0 Å². The first-order valence-electron chi connectivity index (χ1n) is 17.0. The Balaban J connectivity index is 1.48. The van der Waals surface area contributed by atoms with Gasteiger partial charge in [-0.2, -0.15) is 0 Å². The van der Waals surface area contributed by atoms with E-state index in [2.05, 4.69) is 29.9 Å². The van der Waals surface area contributed by atoms with E-state index >= 15 is 4.21 Å². The predicted molar refractivity (Wildman–Crippen MR) is 199 cm³/mol. The van der Waals surface area contributed by atoms with Gasteiger partial charge in [0.1, 0.15) is 18.0 Å². The van der Waals surface area contributed by atoms with E-state index in [4.69, 9.17) is 25.8 Å². The minimum absolute atomic E-state index is 0.105. The second-order valence-corrected chi connectivity index (χ2v) is 16.8. The number of anilines is 1. The standard InChI is InChI=1S/C38H43BrClN3O6S/c1-38(2)37(45)42-50(46,41-36(44)25-9-13-29(39)14-10-25)31-16-18-35-33(22-31)43(23-27-12-17-32(27)34(47-3)8-6-20-49-38)19-5-4-7-26-21-30(40)15-11-28(26)24-48-35/h6,8-11,13-16,18,21-22,27,32,34H,4-5,7,12,17,19-20,23-24H2,1-3H3,(H,41,42,44,45,46)/b8-6+/t27-,32+,34-,50?/m0/s1. The largest absolute Gasteiger partial charge is 0.487 e. The summed E-state index contributed by atoms with van der Waals surface area (Å²) in [4.78, 5) is 29.8. The average Bonchev–Trinajstić information content (AvgIpc) is 3.10. The van der Waals surface area contributed by atoms with Gasteiger partial charge in [-0.3, -0.25) is 14.3 Å². The van der Waals surface area contributed by atoms with Gasteiger partial charge >= 0.3 is 0 Å². The lowest BCUT2D eigenvalue weighted by Gasteiger charge is -2.43. The van der Waals surface area contributed by atoms with Crippen LogP contribution in [0, 0.1) is 11.8 Å². The van der Waals surface area contributed by atoms with Crippen LogP contribution in [0.2, 0.25) is 5.02 Å². The van der Waals surface area contributed by atoms with Crippen LogP contribution in [0.15, 0.2) is 86.5 Å². The normalized spacial score (nSPS) is 26.1. The van der Waals surface area contributed by atoms with E-state index in [1.54, 1.807) is 63.4 Å². The van der Waals surface area contributed by atoms with Gasteiger partial charge in [0, 0.05) is 35.3 Å². The smallest absolute Gasteiger partial charge is 0.287 e. The van der Waals surface area contributed by atoms with Gasteiger partial charge in [0.25, 0.3) is 11.8 Å². The lowest BCUT2D eigenvalue weighted by Crippen LogP contribution is -2.44. The molecule has 1 unspecified atom stereocenters. The van der Waals surface area contributed by atoms with Gasteiger partial charge < -0.3 is 19.1 Å². The SMILES string of the molecule is CO[C@H]1/C=C/COC(C)(C)C(=O)N=S(=O)(NC(=O)c2ccc(Br)cc2)c2ccc3c(c2)N(CCCCc2cc(Cl)ccc2CO3)C[C@@H]2CC[C@H]21. The predicted octanol–water partition coefficient (Wildman–Crippen LogP) is 7.93. The van der Waals surface area contributed by atoms with Crippen LogP contribution in [0.5, 0.6) is 5.75 Å². The molecule has 3 aromatic rings. The highest BCUT2D eigenvalue weighted by molar-refractivity contribution is 9.10. The third-order valence-electron chi connectivity index (χ3n) is 9.82. The number of carbonyl (C=O) groups is 2. The Morgan fingerprint density at radius 2 is 1.88 bits per heavy atom. The fourth-order valence-corrected chi connectivity index (χ4v) is 8.75. The molecule has 50 heavy (non-hydrogen) atoms. The topological polar surface area (TPSA) is 107 Å². The molecule has 0 saturated heterocycles. The number of amides is 2. The van der Waals surface area contributed by atoms with Gasteiger partial charge in [0.15, 0.2) is 9.92 Å². The summed E-state index contributed by atoms with van der Waals surface area (Å²) in [5.74, 6) is -0.160. The molecule has 2 aliphatic heterocycles. The van der Waals surface area contributed by atoms with Crippen molar-refractivity contribution in [3.63, 3.8) is 0 Å². The highest BCUT2D eigenvalue weighted by Crippen LogP contribution is 2.42. The Kier molecular flexibility index (Phi) is 11.4. The summed E-state index contributed by atoms with van der Waals surface area (Å²) >= 11 is 9.77. The van der Waals surface area contributed by atoms with Crippen LogP contribution < -0.4 is 14.4 Å². The van der Waals surface area contributed by atoms with E-state index < -0.39 is 27.3 Å². The average molecular weight is 785 g/mol. The van der Waals surface area contributed by atoms with Crippen molar-refractivity contribution in [2.75, 3.05) is 31.7 Å². The number of ether oxygens (including phenoxy) is 3. The van der Waals surface area contributed by atoms with Crippen molar-refractivity contribution in [2.24, 2.45) is 16.2 Å². The van der Waals surface area contributed by atoms with Gasteiger partial charge in [-0.25, -0.2) is 4.21 Å². The summed E-state index contributed by atoms with van der Waals surface area (Å²) in [7, 11) is -2.14. The lowest BCUT2D eigenvalue weighted by atomic mass is 9.70. The van der Waals surface area contributed by atoms with Crippen molar-refractivity contribution in [3.05, 3.63) is 99.0 Å². The molecule has 0 radical (unpaired) electrons. The van der Waals surface area contributed by atoms with Crippen LogP contribution in [0.1, 0.15) is 61.0 Å². The number of nitrogens with zero attached hydrogens (tertiary/aromatic N) is 2. The Morgan fingerprint density at radius 3 is 2.62 bits per heavy atom. The molecule has 1 aliphatic carbocycles. The van der Waals surface area contributed by atoms with Crippen LogP contribution in [-0.2, 0) is 37.2 Å². The molecule has 12 heteroatoms. The highest BCUT2D eigenvalue weighted by atomic mass is 79.9. The molecule has 1 N–H and O–H groups in total. The van der Waals surface area contributed by atoms with E-state index in [-0.39, 0.29) is 23.2 Å². The van der Waals surface area contributed by atoms with E-state index in [0.29, 0.717) is 29.2 Å². The van der Waals surface area contributed by atoms with Crippen molar-refractivity contribution >= 4 is 54.9 Å². The zero-order valence-electron chi connectivity index (χ0n) is 28.5. The zero-order chi connectivity index (χ0) is 35.5. The second kappa shape index (κ2) is 15.6. The first kappa shape index (κ1) is 36.6. The van der Waals surface area contributed by atoms with Gasteiger partial charge in [-0.15, -0.1) is 4.36 Å². The molecule has 3 aliphatic rings. The number of hydrogen-bond donors (Lipinski definition) is 1. The maximum absolute atomic E-state index is 15.0. The number of fused-ring (bicyclic) bond motifs is 3. The van der Waals surface area contributed by atoms with Crippen molar-refractivity contribution in [1.29, 1.82) is 0 Å². The Morgan fingerprint density at radius 1 is 1.08 bits per heavy atom. The monoisotopic (exact) mass is 783 g/mol. The van der Waals surface area contributed by atoms with Crippen LogP contribution in [0.3, 0.4) is 0 Å². The van der Waals surface area contributed by atoms with Crippen LogP contribution >= 0.6 is 27.5 Å². The van der Waals surface area contributed by atoms with E-state index in [1.807, 2.05) is 30.4 Å². The van der Waals surface area contributed by atoms with Gasteiger partial charge in [0.2, 0.25) is 0 Å². The zero-order valence-corrected chi connectivity index (χ0v) is 31.7. The molecule has 9 nitrogen and oxygen atoms in total. The van der Waals surface area contributed by atoms with Crippen molar-refractivity contribution < 1.29 is 28.0 Å². The number of halogens is 2. The molecule has 2 heterocycles. The van der Waals surface area contributed by atoms with Crippen molar-refractivity contribution in [3.8, 4) is 5.75 Å². The summed E-state index contributed by atoms with van der Waals surface area (Å²) in [5, 5.41) is 0.693.